The zero-order valence-electron chi connectivity index (χ0n) is 11.6. The van der Waals surface area contributed by atoms with Gasteiger partial charge in [-0.2, -0.15) is 0 Å². The molecule has 0 aliphatic carbocycles. The highest BCUT2D eigenvalue weighted by molar-refractivity contribution is 5.91. The normalized spacial score (nSPS) is 10.6. The third kappa shape index (κ3) is 2.94. The summed E-state index contributed by atoms with van der Waals surface area (Å²) in [6.07, 6.45) is 0.620. The van der Waals surface area contributed by atoms with E-state index in [0.29, 0.717) is 17.5 Å². The predicted octanol–water partition coefficient (Wildman–Crippen LogP) is 3.62. The van der Waals surface area contributed by atoms with Gasteiger partial charge in [0.1, 0.15) is 0 Å². The van der Waals surface area contributed by atoms with Crippen LogP contribution in [-0.4, -0.2) is 22.2 Å². The molecule has 4 nitrogen and oxygen atoms in total. The fourth-order valence-corrected chi connectivity index (χ4v) is 2.60. The van der Waals surface area contributed by atoms with Gasteiger partial charge in [0.05, 0.1) is 11.1 Å². The molecule has 0 heterocycles. The third-order valence-electron chi connectivity index (χ3n) is 3.54. The highest BCUT2D eigenvalue weighted by Gasteiger charge is 2.22. The van der Waals surface area contributed by atoms with Crippen molar-refractivity contribution in [2.75, 3.05) is 0 Å². The minimum absolute atomic E-state index is 0.213. The van der Waals surface area contributed by atoms with Crippen molar-refractivity contribution in [2.45, 2.75) is 19.3 Å². The van der Waals surface area contributed by atoms with E-state index in [9.17, 15) is 19.8 Å². The van der Waals surface area contributed by atoms with Crippen molar-refractivity contribution in [3.05, 3.63) is 70.8 Å². The van der Waals surface area contributed by atoms with Crippen LogP contribution in [0.3, 0.4) is 0 Å². The minimum Gasteiger partial charge on any atom is -0.478 e. The first-order chi connectivity index (χ1) is 10.1. The Hall–Kier alpha value is -2.62. The van der Waals surface area contributed by atoms with Crippen LogP contribution in [0.15, 0.2) is 48.5 Å². The van der Waals surface area contributed by atoms with Crippen LogP contribution < -0.4 is 0 Å². The highest BCUT2D eigenvalue weighted by Crippen LogP contribution is 2.32. The molecule has 0 radical (unpaired) electrons. The molecule has 2 rings (SSSR count). The van der Waals surface area contributed by atoms with E-state index in [-0.39, 0.29) is 17.0 Å². The summed E-state index contributed by atoms with van der Waals surface area (Å²) in [5.41, 5.74) is 1.71. The summed E-state index contributed by atoms with van der Waals surface area (Å²) >= 11 is 0. The first-order valence-electron chi connectivity index (χ1n) is 6.70. The molecular weight excluding hydrogens is 268 g/mol. The molecule has 0 atom stereocenters. The zero-order chi connectivity index (χ0) is 15.4. The fraction of sp³-hybridized carbons (Fsp3) is 0.176. The van der Waals surface area contributed by atoms with Crippen molar-refractivity contribution in [3.63, 3.8) is 0 Å². The van der Waals surface area contributed by atoms with Gasteiger partial charge in [-0.15, -0.1) is 0 Å². The Morgan fingerprint density at radius 3 is 1.57 bits per heavy atom. The van der Waals surface area contributed by atoms with E-state index in [1.807, 2.05) is 6.92 Å². The van der Waals surface area contributed by atoms with Crippen molar-refractivity contribution in [3.8, 4) is 0 Å². The second-order valence-corrected chi connectivity index (χ2v) is 4.75. The van der Waals surface area contributed by atoms with Gasteiger partial charge >= 0.3 is 11.9 Å². The average molecular weight is 284 g/mol. The molecule has 0 unspecified atom stereocenters. The van der Waals surface area contributed by atoms with Gasteiger partial charge in [0.2, 0.25) is 0 Å². The van der Waals surface area contributed by atoms with Crippen molar-refractivity contribution >= 4 is 11.9 Å². The average Bonchev–Trinajstić information content (AvgIpc) is 2.48. The van der Waals surface area contributed by atoms with Crippen LogP contribution in [0.5, 0.6) is 0 Å². The van der Waals surface area contributed by atoms with Gasteiger partial charge in [-0.25, -0.2) is 9.59 Å². The summed E-state index contributed by atoms with van der Waals surface area (Å²) in [6.45, 7) is 1.92. The molecule has 2 aromatic carbocycles. The number of aromatic carboxylic acids is 2. The second-order valence-electron chi connectivity index (χ2n) is 4.75. The maximum atomic E-state index is 11.4. The highest BCUT2D eigenvalue weighted by atomic mass is 16.4. The molecule has 0 amide bonds. The summed E-state index contributed by atoms with van der Waals surface area (Å²) in [4.78, 5) is 22.8. The maximum absolute atomic E-state index is 11.4. The SMILES string of the molecule is CCC(c1ccccc1C(=O)O)c1ccccc1C(=O)O. The molecule has 0 saturated carbocycles. The van der Waals surface area contributed by atoms with E-state index in [4.69, 9.17) is 0 Å². The number of carbonyl (C=O) groups is 2. The zero-order valence-corrected chi connectivity index (χ0v) is 11.6. The predicted molar refractivity (Wildman–Crippen MR) is 78.9 cm³/mol. The molecule has 0 aliphatic rings. The first kappa shape index (κ1) is 14.8. The lowest BCUT2D eigenvalue weighted by Crippen LogP contribution is -2.12. The molecule has 0 aliphatic heterocycles. The molecule has 0 saturated heterocycles. The number of hydrogen-bond acceptors (Lipinski definition) is 2. The van der Waals surface area contributed by atoms with Gasteiger partial charge < -0.3 is 10.2 Å². The lowest BCUT2D eigenvalue weighted by molar-refractivity contribution is 0.0686. The van der Waals surface area contributed by atoms with Crippen LogP contribution in [0.25, 0.3) is 0 Å². The summed E-state index contributed by atoms with van der Waals surface area (Å²) in [5, 5.41) is 18.6. The van der Waals surface area contributed by atoms with E-state index in [1.165, 1.54) is 0 Å². The number of carboxylic acid groups (broad SMARTS) is 2. The molecule has 0 spiro atoms. The lowest BCUT2D eigenvalue weighted by atomic mass is 9.84. The van der Waals surface area contributed by atoms with Crippen LogP contribution in [0.2, 0.25) is 0 Å². The Labute approximate surface area is 122 Å². The Morgan fingerprint density at radius 2 is 1.24 bits per heavy atom. The molecule has 4 heteroatoms. The summed E-state index contributed by atoms with van der Waals surface area (Å²) < 4.78 is 0. The monoisotopic (exact) mass is 284 g/mol. The topological polar surface area (TPSA) is 74.6 Å². The van der Waals surface area contributed by atoms with Crippen LogP contribution in [0.1, 0.15) is 51.1 Å². The van der Waals surface area contributed by atoms with E-state index < -0.39 is 11.9 Å². The van der Waals surface area contributed by atoms with Gasteiger partial charge in [0.25, 0.3) is 0 Å². The molecule has 0 fully saturated rings. The number of benzene rings is 2. The van der Waals surface area contributed by atoms with Gasteiger partial charge in [0.15, 0.2) is 0 Å². The van der Waals surface area contributed by atoms with Gasteiger partial charge in [-0.3, -0.25) is 0 Å². The Balaban J connectivity index is 2.61. The number of rotatable bonds is 5. The standard InChI is InChI=1S/C17H16O4/c1-2-11(12-7-3-5-9-14(12)16(18)19)13-8-4-6-10-15(13)17(20)21/h3-11H,2H2,1H3,(H,18,19)(H,20,21). The molecule has 2 aromatic rings. The smallest absolute Gasteiger partial charge is 0.335 e. The molecule has 108 valence electrons. The van der Waals surface area contributed by atoms with Gasteiger partial charge in [-0.05, 0) is 29.7 Å². The number of hydrogen-bond donors (Lipinski definition) is 2. The third-order valence-corrected chi connectivity index (χ3v) is 3.54. The van der Waals surface area contributed by atoms with E-state index in [2.05, 4.69) is 0 Å². The quantitative estimate of drug-likeness (QED) is 0.879. The van der Waals surface area contributed by atoms with E-state index in [0.717, 1.165) is 0 Å². The molecular formula is C17H16O4. The fourth-order valence-electron chi connectivity index (χ4n) is 2.60. The van der Waals surface area contributed by atoms with E-state index in [1.54, 1.807) is 48.5 Å². The Morgan fingerprint density at radius 1 is 0.857 bits per heavy atom. The largest absolute Gasteiger partial charge is 0.478 e. The molecule has 0 bridgehead atoms. The minimum atomic E-state index is -1.00. The van der Waals surface area contributed by atoms with Crippen molar-refractivity contribution in [2.24, 2.45) is 0 Å². The second kappa shape index (κ2) is 6.22. The van der Waals surface area contributed by atoms with Gasteiger partial charge in [0, 0.05) is 5.92 Å². The van der Waals surface area contributed by atoms with Crippen molar-refractivity contribution in [1.82, 2.24) is 0 Å². The molecule has 0 aromatic heterocycles. The van der Waals surface area contributed by atoms with Crippen LogP contribution in [0, 0.1) is 0 Å². The summed E-state index contributed by atoms with van der Waals surface area (Å²) in [7, 11) is 0. The summed E-state index contributed by atoms with van der Waals surface area (Å²) in [6, 6.07) is 13.5. The van der Waals surface area contributed by atoms with Crippen LogP contribution in [0.4, 0.5) is 0 Å². The Bertz CT molecular complexity index is 618. The van der Waals surface area contributed by atoms with E-state index >= 15 is 0 Å². The van der Waals surface area contributed by atoms with Crippen molar-refractivity contribution in [1.29, 1.82) is 0 Å². The molecule has 21 heavy (non-hydrogen) atoms. The van der Waals surface area contributed by atoms with Gasteiger partial charge in [-0.1, -0.05) is 43.3 Å². The van der Waals surface area contributed by atoms with Crippen molar-refractivity contribution < 1.29 is 19.8 Å². The number of carboxylic acids is 2. The summed E-state index contributed by atoms with van der Waals surface area (Å²) in [5.74, 6) is -2.27. The first-order valence-corrected chi connectivity index (χ1v) is 6.70. The lowest BCUT2D eigenvalue weighted by Gasteiger charge is -2.20. The Kier molecular flexibility index (Phi) is 4.38. The molecule has 2 N–H and O–H groups in total. The van der Waals surface area contributed by atoms with Crippen LogP contribution in [-0.2, 0) is 0 Å². The van der Waals surface area contributed by atoms with Crippen LogP contribution >= 0.6 is 0 Å². The maximum Gasteiger partial charge on any atom is 0.335 e.